The summed E-state index contributed by atoms with van der Waals surface area (Å²) in [5, 5.41) is 3.13. The van der Waals surface area contributed by atoms with Crippen LogP contribution in [0, 0.1) is 6.92 Å². The monoisotopic (exact) mass is 190 g/mol. The first-order valence-electron chi connectivity index (χ1n) is 4.78. The van der Waals surface area contributed by atoms with Crippen molar-refractivity contribution in [2.24, 2.45) is 5.73 Å². The standard InChI is InChI=1S/C11H14N2O/c1-7-2-3-8-5-10(11(12)14)13-6-9(8)4-7/h2-4,10,13H,5-6H2,1H3,(H2,12,14)/t10-/m1/s1. The predicted octanol–water partition coefficient (Wildman–Crippen LogP) is 0.495. The lowest BCUT2D eigenvalue weighted by molar-refractivity contribution is -0.120. The molecular formula is C11H14N2O. The van der Waals surface area contributed by atoms with Crippen LogP contribution in [0.3, 0.4) is 0 Å². The van der Waals surface area contributed by atoms with E-state index in [9.17, 15) is 4.79 Å². The first-order chi connectivity index (χ1) is 6.66. The lowest BCUT2D eigenvalue weighted by Gasteiger charge is -2.24. The van der Waals surface area contributed by atoms with E-state index in [0.717, 1.165) is 6.54 Å². The van der Waals surface area contributed by atoms with Gasteiger partial charge in [0.15, 0.2) is 0 Å². The van der Waals surface area contributed by atoms with Gasteiger partial charge in [-0.25, -0.2) is 0 Å². The van der Waals surface area contributed by atoms with Crippen molar-refractivity contribution in [3.63, 3.8) is 0 Å². The van der Waals surface area contributed by atoms with Gasteiger partial charge in [0.05, 0.1) is 6.04 Å². The van der Waals surface area contributed by atoms with E-state index in [2.05, 4.69) is 30.4 Å². The Morgan fingerprint density at radius 1 is 1.50 bits per heavy atom. The van der Waals surface area contributed by atoms with Gasteiger partial charge in [0.25, 0.3) is 0 Å². The molecule has 0 saturated heterocycles. The van der Waals surface area contributed by atoms with Crippen molar-refractivity contribution in [2.75, 3.05) is 0 Å². The molecule has 3 heteroatoms. The third-order valence-electron chi connectivity index (χ3n) is 2.67. The van der Waals surface area contributed by atoms with Crippen LogP contribution in [0.2, 0.25) is 0 Å². The Labute approximate surface area is 83.3 Å². The number of amides is 1. The lowest BCUT2D eigenvalue weighted by Crippen LogP contribution is -2.45. The fourth-order valence-corrected chi connectivity index (χ4v) is 1.84. The summed E-state index contributed by atoms with van der Waals surface area (Å²) in [6, 6.07) is 6.11. The van der Waals surface area contributed by atoms with E-state index in [1.54, 1.807) is 0 Å². The zero-order valence-corrected chi connectivity index (χ0v) is 8.21. The summed E-state index contributed by atoms with van der Waals surface area (Å²) in [4.78, 5) is 11.0. The van der Waals surface area contributed by atoms with E-state index in [-0.39, 0.29) is 11.9 Å². The van der Waals surface area contributed by atoms with Gasteiger partial charge < -0.3 is 11.1 Å². The maximum absolute atomic E-state index is 11.0. The first-order valence-corrected chi connectivity index (χ1v) is 4.78. The quantitative estimate of drug-likeness (QED) is 0.677. The van der Waals surface area contributed by atoms with Crippen LogP contribution in [0.25, 0.3) is 0 Å². The highest BCUT2D eigenvalue weighted by atomic mass is 16.1. The summed E-state index contributed by atoms with van der Waals surface area (Å²) in [6.07, 6.45) is 0.713. The summed E-state index contributed by atoms with van der Waals surface area (Å²) in [7, 11) is 0. The van der Waals surface area contributed by atoms with E-state index in [0.29, 0.717) is 6.42 Å². The number of fused-ring (bicyclic) bond motifs is 1. The van der Waals surface area contributed by atoms with E-state index >= 15 is 0 Å². The molecule has 74 valence electrons. The van der Waals surface area contributed by atoms with Crippen LogP contribution in [0.4, 0.5) is 0 Å². The van der Waals surface area contributed by atoms with Crippen molar-refractivity contribution in [1.82, 2.24) is 5.32 Å². The highest BCUT2D eigenvalue weighted by Gasteiger charge is 2.21. The SMILES string of the molecule is Cc1ccc2c(c1)CN[C@@H](C(N)=O)C2. The van der Waals surface area contributed by atoms with Crippen molar-refractivity contribution < 1.29 is 4.79 Å². The molecule has 0 aromatic heterocycles. The molecule has 1 heterocycles. The maximum atomic E-state index is 11.0. The van der Waals surface area contributed by atoms with Crippen LogP contribution >= 0.6 is 0 Å². The number of nitrogens with two attached hydrogens (primary N) is 1. The Morgan fingerprint density at radius 3 is 3.00 bits per heavy atom. The Balaban J connectivity index is 2.27. The lowest BCUT2D eigenvalue weighted by atomic mass is 9.94. The van der Waals surface area contributed by atoms with Crippen molar-refractivity contribution in [1.29, 1.82) is 0 Å². The summed E-state index contributed by atoms with van der Waals surface area (Å²) in [6.45, 7) is 2.81. The third kappa shape index (κ3) is 1.63. The largest absolute Gasteiger partial charge is 0.368 e. The molecule has 0 unspecified atom stereocenters. The number of primary amides is 1. The molecule has 3 N–H and O–H groups in total. The van der Waals surface area contributed by atoms with Gasteiger partial charge >= 0.3 is 0 Å². The fraction of sp³-hybridized carbons (Fsp3) is 0.364. The topological polar surface area (TPSA) is 55.1 Å². The average Bonchev–Trinajstić information content (AvgIpc) is 2.16. The number of rotatable bonds is 1. The second-order valence-electron chi connectivity index (χ2n) is 3.81. The third-order valence-corrected chi connectivity index (χ3v) is 2.67. The molecule has 3 nitrogen and oxygen atoms in total. The van der Waals surface area contributed by atoms with Gasteiger partial charge in [-0.15, -0.1) is 0 Å². The Morgan fingerprint density at radius 2 is 2.29 bits per heavy atom. The van der Waals surface area contributed by atoms with Crippen LogP contribution in [0.5, 0.6) is 0 Å². The predicted molar refractivity (Wildman–Crippen MR) is 54.7 cm³/mol. The zero-order chi connectivity index (χ0) is 10.1. The minimum absolute atomic E-state index is 0.204. The van der Waals surface area contributed by atoms with Gasteiger partial charge in [0.1, 0.15) is 0 Å². The number of hydrogen-bond donors (Lipinski definition) is 2. The van der Waals surface area contributed by atoms with Crippen LogP contribution in [-0.4, -0.2) is 11.9 Å². The number of benzene rings is 1. The highest BCUT2D eigenvalue weighted by Crippen LogP contribution is 2.17. The number of aryl methyl sites for hydroxylation is 1. The minimum atomic E-state index is -0.267. The molecule has 0 aliphatic carbocycles. The average molecular weight is 190 g/mol. The van der Waals surface area contributed by atoms with Crippen LogP contribution < -0.4 is 11.1 Å². The molecule has 0 spiro atoms. The van der Waals surface area contributed by atoms with Gasteiger partial charge in [-0.3, -0.25) is 4.79 Å². The molecule has 0 fully saturated rings. The van der Waals surface area contributed by atoms with Gasteiger partial charge in [-0.05, 0) is 24.5 Å². The Kier molecular flexibility index (Phi) is 2.25. The highest BCUT2D eigenvalue weighted by molar-refractivity contribution is 5.80. The molecule has 1 aliphatic rings. The summed E-state index contributed by atoms with van der Waals surface area (Å²) >= 11 is 0. The number of carbonyl (C=O) groups is 1. The molecule has 0 radical (unpaired) electrons. The number of nitrogens with one attached hydrogen (secondary N) is 1. The second-order valence-corrected chi connectivity index (χ2v) is 3.81. The molecule has 0 saturated carbocycles. The minimum Gasteiger partial charge on any atom is -0.368 e. The Bertz CT molecular complexity index is 374. The van der Waals surface area contributed by atoms with Crippen molar-refractivity contribution in [3.8, 4) is 0 Å². The van der Waals surface area contributed by atoms with Crippen molar-refractivity contribution in [3.05, 3.63) is 34.9 Å². The number of hydrogen-bond acceptors (Lipinski definition) is 2. The van der Waals surface area contributed by atoms with Crippen LogP contribution in [0.15, 0.2) is 18.2 Å². The summed E-state index contributed by atoms with van der Waals surface area (Å²) < 4.78 is 0. The van der Waals surface area contributed by atoms with E-state index in [1.807, 2.05) is 0 Å². The molecular weight excluding hydrogens is 176 g/mol. The van der Waals surface area contributed by atoms with Gasteiger partial charge in [-0.1, -0.05) is 23.8 Å². The van der Waals surface area contributed by atoms with Gasteiger partial charge in [0, 0.05) is 6.54 Å². The van der Waals surface area contributed by atoms with Crippen LogP contribution in [0.1, 0.15) is 16.7 Å². The fourth-order valence-electron chi connectivity index (χ4n) is 1.84. The van der Waals surface area contributed by atoms with E-state index in [1.165, 1.54) is 16.7 Å². The number of carbonyl (C=O) groups excluding carboxylic acids is 1. The molecule has 1 amide bonds. The smallest absolute Gasteiger partial charge is 0.234 e. The first kappa shape index (κ1) is 9.21. The summed E-state index contributed by atoms with van der Waals surface area (Å²) in [5.41, 5.74) is 9.02. The van der Waals surface area contributed by atoms with E-state index in [4.69, 9.17) is 5.73 Å². The normalized spacial score (nSPS) is 20.2. The van der Waals surface area contributed by atoms with Gasteiger partial charge in [0.2, 0.25) is 5.91 Å². The molecule has 1 aliphatic heterocycles. The maximum Gasteiger partial charge on any atom is 0.234 e. The molecule has 1 aromatic rings. The molecule has 2 rings (SSSR count). The molecule has 1 aromatic carbocycles. The zero-order valence-electron chi connectivity index (χ0n) is 8.21. The molecule has 0 bridgehead atoms. The molecule has 14 heavy (non-hydrogen) atoms. The summed E-state index contributed by atoms with van der Waals surface area (Å²) in [5.74, 6) is -0.267. The van der Waals surface area contributed by atoms with Crippen molar-refractivity contribution in [2.45, 2.75) is 25.9 Å². The van der Waals surface area contributed by atoms with Crippen molar-refractivity contribution >= 4 is 5.91 Å². The Hall–Kier alpha value is -1.35. The second kappa shape index (κ2) is 3.42. The van der Waals surface area contributed by atoms with Crippen LogP contribution in [-0.2, 0) is 17.8 Å². The van der Waals surface area contributed by atoms with Gasteiger partial charge in [-0.2, -0.15) is 0 Å². The van der Waals surface area contributed by atoms with E-state index < -0.39 is 0 Å². The molecule has 1 atom stereocenters.